The average Bonchev–Trinajstić information content (AvgIpc) is 3.03. The predicted octanol–water partition coefficient (Wildman–Crippen LogP) is 2.84. The first kappa shape index (κ1) is 12.3. The van der Waals surface area contributed by atoms with Gasteiger partial charge in [-0.2, -0.15) is 5.10 Å². The second kappa shape index (κ2) is 5.52. The third-order valence-electron chi connectivity index (χ3n) is 3.05. The monoisotopic (exact) mass is 265 g/mol. The minimum absolute atomic E-state index is 0.118. The predicted molar refractivity (Wildman–Crippen MR) is 77.6 cm³/mol. The fraction of sp³-hybridized carbons (Fsp3) is 0.133. The Labute approximate surface area is 117 Å². The second-order valence-corrected chi connectivity index (χ2v) is 4.48. The minimum atomic E-state index is 0.118. The van der Waals surface area contributed by atoms with Crippen molar-refractivity contribution in [2.24, 2.45) is 0 Å². The van der Waals surface area contributed by atoms with Gasteiger partial charge >= 0.3 is 0 Å². The first-order valence-electron chi connectivity index (χ1n) is 6.46. The maximum atomic E-state index is 4.24. The number of benzene rings is 1. The Morgan fingerprint density at radius 1 is 1.05 bits per heavy atom. The first-order valence-corrected chi connectivity index (χ1v) is 6.46. The molecule has 1 atom stereocenters. The van der Waals surface area contributed by atoms with E-state index < -0.39 is 0 Å². The first-order chi connectivity index (χ1) is 9.83. The summed E-state index contributed by atoms with van der Waals surface area (Å²) in [6.07, 6.45) is 7.15. The molecule has 0 amide bonds. The molecule has 100 valence electrons. The number of anilines is 1. The van der Waals surface area contributed by atoms with Gasteiger partial charge in [-0.05, 0) is 36.8 Å². The van der Waals surface area contributed by atoms with E-state index in [9.17, 15) is 0 Å². The molecule has 1 N–H and O–H groups in total. The zero-order chi connectivity index (χ0) is 13.8. The fourth-order valence-corrected chi connectivity index (χ4v) is 2.01. The maximum absolute atomic E-state index is 4.24. The van der Waals surface area contributed by atoms with Crippen molar-refractivity contribution in [3.63, 3.8) is 0 Å². The molecule has 5 heteroatoms. The summed E-state index contributed by atoms with van der Waals surface area (Å²) in [5.74, 6) is 0.629. The Hall–Kier alpha value is -2.69. The highest BCUT2D eigenvalue weighted by molar-refractivity contribution is 5.39. The van der Waals surface area contributed by atoms with Gasteiger partial charge in [0.2, 0.25) is 5.95 Å². The van der Waals surface area contributed by atoms with Gasteiger partial charge in [-0.25, -0.2) is 14.6 Å². The second-order valence-electron chi connectivity index (χ2n) is 4.48. The standard InChI is InChI=1S/C15H15N5/c1-12(19-15-16-7-3-8-17-15)13-5-2-6-14(11-13)20-10-4-9-18-20/h2-12H,1H3,(H,16,17,19)/t12-/m1/s1. The Morgan fingerprint density at radius 3 is 2.65 bits per heavy atom. The summed E-state index contributed by atoms with van der Waals surface area (Å²) >= 11 is 0. The molecule has 0 unspecified atom stereocenters. The Kier molecular flexibility index (Phi) is 3.41. The van der Waals surface area contributed by atoms with Crippen molar-refractivity contribution in [2.75, 3.05) is 5.32 Å². The van der Waals surface area contributed by atoms with Crippen molar-refractivity contribution in [2.45, 2.75) is 13.0 Å². The molecule has 1 aromatic carbocycles. The number of rotatable bonds is 4. The molecule has 0 fully saturated rings. The van der Waals surface area contributed by atoms with Crippen molar-refractivity contribution < 1.29 is 0 Å². The summed E-state index contributed by atoms with van der Waals surface area (Å²) in [5.41, 5.74) is 2.19. The summed E-state index contributed by atoms with van der Waals surface area (Å²) < 4.78 is 1.84. The lowest BCUT2D eigenvalue weighted by Crippen LogP contribution is -2.09. The van der Waals surface area contributed by atoms with Gasteiger partial charge < -0.3 is 5.32 Å². The molecule has 2 aromatic heterocycles. The van der Waals surface area contributed by atoms with Crippen LogP contribution >= 0.6 is 0 Å². The summed E-state index contributed by atoms with van der Waals surface area (Å²) in [7, 11) is 0. The van der Waals surface area contributed by atoms with E-state index in [0.717, 1.165) is 11.3 Å². The smallest absolute Gasteiger partial charge is 0.223 e. The lowest BCUT2D eigenvalue weighted by Gasteiger charge is -2.15. The molecule has 3 aromatic rings. The number of hydrogen-bond acceptors (Lipinski definition) is 4. The molecule has 5 nitrogen and oxygen atoms in total. The van der Waals surface area contributed by atoms with E-state index in [4.69, 9.17) is 0 Å². The zero-order valence-electron chi connectivity index (χ0n) is 11.1. The third kappa shape index (κ3) is 2.66. The van der Waals surface area contributed by atoms with Gasteiger partial charge in [-0.15, -0.1) is 0 Å². The topological polar surface area (TPSA) is 55.6 Å². The highest BCUT2D eigenvalue weighted by atomic mass is 15.3. The number of nitrogens with zero attached hydrogens (tertiary/aromatic N) is 4. The molecule has 2 heterocycles. The van der Waals surface area contributed by atoms with E-state index in [1.165, 1.54) is 0 Å². The molecule has 0 spiro atoms. The molecule has 0 radical (unpaired) electrons. The van der Waals surface area contributed by atoms with Gasteiger partial charge in [0, 0.05) is 24.8 Å². The van der Waals surface area contributed by atoms with Crippen LogP contribution in [0.1, 0.15) is 18.5 Å². The highest BCUT2D eigenvalue weighted by Crippen LogP contribution is 2.19. The van der Waals surface area contributed by atoms with Gasteiger partial charge in [0.25, 0.3) is 0 Å². The van der Waals surface area contributed by atoms with Gasteiger partial charge in [0.15, 0.2) is 0 Å². The number of hydrogen-bond donors (Lipinski definition) is 1. The molecule has 0 saturated carbocycles. The summed E-state index contributed by atoms with van der Waals surface area (Å²) in [4.78, 5) is 8.35. The molecule has 0 saturated heterocycles. The Morgan fingerprint density at radius 2 is 1.90 bits per heavy atom. The van der Waals surface area contributed by atoms with Crippen molar-refractivity contribution in [3.05, 3.63) is 66.7 Å². The average molecular weight is 265 g/mol. The van der Waals surface area contributed by atoms with Crippen LogP contribution in [0.3, 0.4) is 0 Å². The van der Waals surface area contributed by atoms with Crippen LogP contribution in [0.4, 0.5) is 5.95 Å². The Balaban J connectivity index is 1.82. The molecule has 20 heavy (non-hydrogen) atoms. The van der Waals surface area contributed by atoms with Crippen LogP contribution in [0.5, 0.6) is 0 Å². The molecular formula is C15H15N5. The van der Waals surface area contributed by atoms with Crippen LogP contribution in [0, 0.1) is 0 Å². The minimum Gasteiger partial charge on any atom is -0.348 e. The maximum Gasteiger partial charge on any atom is 0.223 e. The van der Waals surface area contributed by atoms with E-state index in [0.29, 0.717) is 5.95 Å². The Bertz CT molecular complexity index is 664. The van der Waals surface area contributed by atoms with E-state index >= 15 is 0 Å². The van der Waals surface area contributed by atoms with E-state index in [1.54, 1.807) is 24.7 Å². The summed E-state index contributed by atoms with van der Waals surface area (Å²) in [6, 6.07) is 12.1. The molecular weight excluding hydrogens is 250 g/mol. The summed E-state index contributed by atoms with van der Waals surface area (Å²) in [5, 5.41) is 7.52. The third-order valence-corrected chi connectivity index (χ3v) is 3.05. The van der Waals surface area contributed by atoms with Crippen LogP contribution in [-0.2, 0) is 0 Å². The normalized spacial score (nSPS) is 12.1. The van der Waals surface area contributed by atoms with Crippen LogP contribution in [0.2, 0.25) is 0 Å². The van der Waals surface area contributed by atoms with Crippen molar-refractivity contribution >= 4 is 5.95 Å². The largest absolute Gasteiger partial charge is 0.348 e. The number of aromatic nitrogens is 4. The number of nitrogens with one attached hydrogen (secondary N) is 1. The highest BCUT2D eigenvalue weighted by Gasteiger charge is 2.07. The molecule has 0 aliphatic rings. The molecule has 0 aliphatic heterocycles. The SMILES string of the molecule is C[C@@H](Nc1ncccn1)c1cccc(-n2cccn2)c1. The zero-order valence-corrected chi connectivity index (χ0v) is 11.1. The van der Waals surface area contributed by atoms with Crippen LogP contribution in [0.25, 0.3) is 5.69 Å². The van der Waals surface area contributed by atoms with Crippen LogP contribution in [0.15, 0.2) is 61.2 Å². The van der Waals surface area contributed by atoms with Crippen LogP contribution < -0.4 is 5.32 Å². The van der Waals surface area contributed by atoms with E-state index in [2.05, 4.69) is 39.4 Å². The fourth-order valence-electron chi connectivity index (χ4n) is 2.01. The molecule has 3 rings (SSSR count). The quantitative estimate of drug-likeness (QED) is 0.788. The molecule has 0 aliphatic carbocycles. The van der Waals surface area contributed by atoms with Crippen LogP contribution in [-0.4, -0.2) is 19.7 Å². The lowest BCUT2D eigenvalue weighted by atomic mass is 10.1. The van der Waals surface area contributed by atoms with Crippen molar-refractivity contribution in [1.29, 1.82) is 0 Å². The van der Waals surface area contributed by atoms with Gasteiger partial charge in [-0.1, -0.05) is 12.1 Å². The van der Waals surface area contributed by atoms with Crippen molar-refractivity contribution in [1.82, 2.24) is 19.7 Å². The lowest BCUT2D eigenvalue weighted by molar-refractivity contribution is 0.842. The van der Waals surface area contributed by atoms with Crippen molar-refractivity contribution in [3.8, 4) is 5.69 Å². The van der Waals surface area contributed by atoms with E-state index in [1.807, 2.05) is 29.1 Å². The molecule has 0 bridgehead atoms. The van der Waals surface area contributed by atoms with Gasteiger partial charge in [-0.3, -0.25) is 0 Å². The summed E-state index contributed by atoms with van der Waals surface area (Å²) in [6.45, 7) is 2.08. The van der Waals surface area contributed by atoms with E-state index in [-0.39, 0.29) is 6.04 Å². The van der Waals surface area contributed by atoms with Gasteiger partial charge in [0.1, 0.15) is 0 Å². The van der Waals surface area contributed by atoms with Gasteiger partial charge in [0.05, 0.1) is 11.7 Å².